The van der Waals surface area contributed by atoms with E-state index in [1.54, 1.807) is 12.1 Å². The van der Waals surface area contributed by atoms with Crippen LogP contribution >= 0.6 is 0 Å². The maximum absolute atomic E-state index is 12.0. The van der Waals surface area contributed by atoms with E-state index in [1.807, 2.05) is 17.9 Å². The summed E-state index contributed by atoms with van der Waals surface area (Å²) in [5, 5.41) is 12.3. The van der Waals surface area contributed by atoms with Gasteiger partial charge in [-0.15, -0.1) is 0 Å². The van der Waals surface area contributed by atoms with Gasteiger partial charge in [-0.05, 0) is 38.3 Å². The number of aryl methyl sites for hydroxylation is 1. The number of carboxylic acid groups (broad SMARTS) is 1. The number of carbonyl (C=O) groups excluding carboxylic acids is 1. The van der Waals surface area contributed by atoms with Crippen molar-refractivity contribution in [3.63, 3.8) is 0 Å². The topological polar surface area (TPSA) is 69.6 Å². The predicted molar refractivity (Wildman–Crippen MR) is 81.7 cm³/mol. The number of amides is 1. The molecule has 1 fully saturated rings. The molecule has 0 spiro atoms. The van der Waals surface area contributed by atoms with Crippen LogP contribution in [0, 0.1) is 6.92 Å². The molecule has 0 atom stereocenters. The molecule has 5 nitrogen and oxygen atoms in total. The fraction of sp³-hybridized carbons (Fsp3) is 0.500. The lowest BCUT2D eigenvalue weighted by molar-refractivity contribution is -0.131. The van der Waals surface area contributed by atoms with E-state index in [-0.39, 0.29) is 11.5 Å². The summed E-state index contributed by atoms with van der Waals surface area (Å²) in [5.74, 6) is -0.810. The molecule has 1 aliphatic heterocycles. The summed E-state index contributed by atoms with van der Waals surface area (Å²) in [7, 11) is 0. The average molecular weight is 290 g/mol. The first kappa shape index (κ1) is 15.4. The van der Waals surface area contributed by atoms with Gasteiger partial charge in [-0.2, -0.15) is 0 Å². The second kappa shape index (κ2) is 7.11. The number of hydrogen-bond acceptors (Lipinski definition) is 3. The molecule has 5 heteroatoms. The fourth-order valence-corrected chi connectivity index (χ4v) is 2.59. The Labute approximate surface area is 125 Å². The molecule has 2 N–H and O–H groups in total. The highest BCUT2D eigenvalue weighted by atomic mass is 16.4. The van der Waals surface area contributed by atoms with E-state index in [9.17, 15) is 14.7 Å². The molecule has 2 rings (SSSR count). The van der Waals surface area contributed by atoms with Gasteiger partial charge in [0, 0.05) is 31.7 Å². The van der Waals surface area contributed by atoms with E-state index in [0.717, 1.165) is 31.5 Å². The average Bonchev–Trinajstić information content (AvgIpc) is 2.49. The van der Waals surface area contributed by atoms with Crippen molar-refractivity contribution in [2.75, 3.05) is 25.0 Å². The van der Waals surface area contributed by atoms with E-state index in [2.05, 4.69) is 5.32 Å². The molecule has 0 unspecified atom stereocenters. The van der Waals surface area contributed by atoms with E-state index < -0.39 is 5.97 Å². The Balaban J connectivity index is 1.88. The first-order valence-corrected chi connectivity index (χ1v) is 7.43. The van der Waals surface area contributed by atoms with Gasteiger partial charge in [0.25, 0.3) is 0 Å². The summed E-state index contributed by atoms with van der Waals surface area (Å²) in [6, 6.07) is 5.25. The van der Waals surface area contributed by atoms with Gasteiger partial charge in [-0.25, -0.2) is 4.79 Å². The van der Waals surface area contributed by atoms with Gasteiger partial charge >= 0.3 is 5.97 Å². The van der Waals surface area contributed by atoms with Crippen LogP contribution in [0.3, 0.4) is 0 Å². The van der Waals surface area contributed by atoms with Gasteiger partial charge in [0.15, 0.2) is 0 Å². The van der Waals surface area contributed by atoms with Crippen molar-refractivity contribution < 1.29 is 14.7 Å². The third-order valence-corrected chi connectivity index (χ3v) is 3.77. The Kier molecular flexibility index (Phi) is 5.20. The minimum absolute atomic E-state index is 0.145. The van der Waals surface area contributed by atoms with Crippen molar-refractivity contribution in [1.82, 2.24) is 4.90 Å². The lowest BCUT2D eigenvalue weighted by Crippen LogP contribution is -2.36. The van der Waals surface area contributed by atoms with Crippen LogP contribution in [0.15, 0.2) is 18.2 Å². The highest BCUT2D eigenvalue weighted by Crippen LogP contribution is 2.17. The van der Waals surface area contributed by atoms with Gasteiger partial charge < -0.3 is 15.3 Å². The molecule has 0 aromatic heterocycles. The zero-order valence-electron chi connectivity index (χ0n) is 12.4. The summed E-state index contributed by atoms with van der Waals surface area (Å²) >= 11 is 0. The maximum atomic E-state index is 12.0. The molecule has 114 valence electrons. The standard InChI is InChI=1S/C16H22N2O3/c1-12-5-6-14(13(11-12)16(20)21)17-8-7-15(19)18-9-3-2-4-10-18/h5-6,11,17H,2-4,7-10H2,1H3,(H,20,21). The Morgan fingerprint density at radius 2 is 1.95 bits per heavy atom. The number of carboxylic acids is 1. The SMILES string of the molecule is Cc1ccc(NCCC(=O)N2CCCCC2)c(C(=O)O)c1. The number of carbonyl (C=O) groups is 2. The van der Waals surface area contributed by atoms with Crippen LogP contribution in [0.2, 0.25) is 0 Å². The second-order valence-electron chi connectivity index (χ2n) is 5.47. The predicted octanol–water partition coefficient (Wildman–Crippen LogP) is 2.51. The highest BCUT2D eigenvalue weighted by Gasteiger charge is 2.16. The van der Waals surface area contributed by atoms with E-state index >= 15 is 0 Å². The fourth-order valence-electron chi connectivity index (χ4n) is 2.59. The summed E-state index contributed by atoms with van der Waals surface area (Å²) in [4.78, 5) is 25.1. The van der Waals surface area contributed by atoms with Crippen molar-refractivity contribution in [2.24, 2.45) is 0 Å². The lowest BCUT2D eigenvalue weighted by atomic mass is 10.1. The van der Waals surface area contributed by atoms with E-state index in [4.69, 9.17) is 0 Å². The zero-order valence-corrected chi connectivity index (χ0v) is 12.4. The first-order valence-electron chi connectivity index (χ1n) is 7.43. The Bertz CT molecular complexity index is 522. The number of rotatable bonds is 5. The van der Waals surface area contributed by atoms with Gasteiger partial charge in [-0.1, -0.05) is 11.6 Å². The smallest absolute Gasteiger partial charge is 0.337 e. The summed E-state index contributed by atoms with van der Waals surface area (Å²) in [6.07, 6.45) is 3.76. The number of nitrogens with zero attached hydrogens (tertiary/aromatic N) is 1. The van der Waals surface area contributed by atoms with E-state index in [0.29, 0.717) is 18.7 Å². The Morgan fingerprint density at radius 3 is 2.62 bits per heavy atom. The molecule has 1 heterocycles. The highest BCUT2D eigenvalue weighted by molar-refractivity contribution is 5.94. The zero-order chi connectivity index (χ0) is 15.2. The number of hydrogen-bond donors (Lipinski definition) is 2. The van der Waals surface area contributed by atoms with Crippen LogP contribution in [0.5, 0.6) is 0 Å². The number of nitrogens with one attached hydrogen (secondary N) is 1. The third kappa shape index (κ3) is 4.21. The monoisotopic (exact) mass is 290 g/mol. The summed E-state index contributed by atoms with van der Waals surface area (Å²) in [5.41, 5.74) is 1.72. The maximum Gasteiger partial charge on any atom is 0.337 e. The largest absolute Gasteiger partial charge is 0.478 e. The molecule has 0 saturated carbocycles. The molecule has 0 aliphatic carbocycles. The van der Waals surface area contributed by atoms with Gasteiger partial charge in [-0.3, -0.25) is 4.79 Å². The molecule has 1 aromatic rings. The minimum atomic E-state index is -0.955. The molecule has 0 radical (unpaired) electrons. The van der Waals surface area contributed by atoms with Crippen LogP contribution in [-0.2, 0) is 4.79 Å². The molecule has 1 amide bonds. The van der Waals surface area contributed by atoms with Crippen LogP contribution in [0.1, 0.15) is 41.6 Å². The second-order valence-corrected chi connectivity index (χ2v) is 5.47. The van der Waals surface area contributed by atoms with Crippen LogP contribution in [0.25, 0.3) is 0 Å². The molecule has 1 saturated heterocycles. The van der Waals surface area contributed by atoms with Crippen molar-refractivity contribution >= 4 is 17.6 Å². The van der Waals surface area contributed by atoms with E-state index in [1.165, 1.54) is 6.42 Å². The van der Waals surface area contributed by atoms with Gasteiger partial charge in [0.2, 0.25) is 5.91 Å². The number of benzene rings is 1. The third-order valence-electron chi connectivity index (χ3n) is 3.77. The molecule has 0 bridgehead atoms. The Morgan fingerprint density at radius 1 is 1.24 bits per heavy atom. The van der Waals surface area contributed by atoms with Crippen LogP contribution in [-0.4, -0.2) is 41.5 Å². The van der Waals surface area contributed by atoms with Crippen molar-refractivity contribution in [3.05, 3.63) is 29.3 Å². The molecule has 1 aromatic carbocycles. The van der Waals surface area contributed by atoms with Crippen LogP contribution in [0.4, 0.5) is 5.69 Å². The number of aromatic carboxylic acids is 1. The van der Waals surface area contributed by atoms with Crippen molar-refractivity contribution in [2.45, 2.75) is 32.6 Å². The van der Waals surface area contributed by atoms with Crippen molar-refractivity contribution in [1.29, 1.82) is 0 Å². The van der Waals surface area contributed by atoms with Crippen molar-refractivity contribution in [3.8, 4) is 0 Å². The summed E-state index contributed by atoms with van der Waals surface area (Å²) < 4.78 is 0. The molecule has 1 aliphatic rings. The molecular formula is C16H22N2O3. The van der Waals surface area contributed by atoms with Gasteiger partial charge in [0.05, 0.1) is 5.56 Å². The summed E-state index contributed by atoms with van der Waals surface area (Å²) in [6.45, 7) is 4.02. The minimum Gasteiger partial charge on any atom is -0.478 e. The first-order chi connectivity index (χ1) is 10.1. The molecule has 21 heavy (non-hydrogen) atoms. The quantitative estimate of drug-likeness (QED) is 0.874. The normalized spacial score (nSPS) is 14.8. The van der Waals surface area contributed by atoms with Crippen LogP contribution < -0.4 is 5.32 Å². The number of likely N-dealkylation sites (tertiary alicyclic amines) is 1. The lowest BCUT2D eigenvalue weighted by Gasteiger charge is -2.26. The molecular weight excluding hydrogens is 268 g/mol. The van der Waals surface area contributed by atoms with Gasteiger partial charge in [0.1, 0.15) is 0 Å². The number of piperidine rings is 1. The Hall–Kier alpha value is -2.04. The number of anilines is 1.